The topological polar surface area (TPSA) is 72.2 Å². The van der Waals surface area contributed by atoms with Crippen molar-refractivity contribution in [1.82, 2.24) is 5.32 Å². The first-order valence-corrected chi connectivity index (χ1v) is 7.05. The van der Waals surface area contributed by atoms with E-state index in [2.05, 4.69) is 5.32 Å². The molecule has 0 radical (unpaired) electrons. The van der Waals surface area contributed by atoms with Gasteiger partial charge in [0.2, 0.25) is 11.8 Å². The predicted molar refractivity (Wildman–Crippen MR) is 81.2 cm³/mol. The minimum Gasteiger partial charge on any atom is -0.369 e. The molecular weight excluding hydrogens is 272 g/mol. The maximum atomic E-state index is 10.5. The van der Waals surface area contributed by atoms with Crippen molar-refractivity contribution in [2.45, 2.75) is 19.9 Å². The van der Waals surface area contributed by atoms with Crippen LogP contribution in [0.3, 0.4) is 0 Å². The first-order chi connectivity index (χ1) is 9.58. The van der Waals surface area contributed by atoms with Crippen LogP contribution in [0.1, 0.15) is 17.4 Å². The third kappa shape index (κ3) is 7.33. The van der Waals surface area contributed by atoms with Gasteiger partial charge in [-0.2, -0.15) is 0 Å². The number of carbonyl (C=O) groups is 2. The summed E-state index contributed by atoms with van der Waals surface area (Å²) in [5, 5.41) is 4.65. The molecule has 4 nitrogen and oxygen atoms in total. The van der Waals surface area contributed by atoms with E-state index in [0.717, 1.165) is 10.4 Å². The molecule has 0 aliphatic carbocycles. The molecule has 2 aromatic rings. The van der Waals surface area contributed by atoms with E-state index in [1.807, 2.05) is 47.8 Å². The third-order valence-electron chi connectivity index (χ3n) is 2.31. The molecule has 1 heterocycles. The summed E-state index contributed by atoms with van der Waals surface area (Å²) >= 11 is 1.55. The van der Waals surface area contributed by atoms with Crippen molar-refractivity contribution in [3.8, 4) is 0 Å². The Morgan fingerprint density at radius 3 is 2.35 bits per heavy atom. The Labute approximate surface area is 122 Å². The molecule has 3 N–H and O–H groups in total. The molecule has 0 spiro atoms. The number of hydrogen-bond acceptors (Lipinski definition) is 3. The lowest BCUT2D eigenvalue weighted by Gasteiger charge is -2.00. The Morgan fingerprint density at radius 2 is 1.85 bits per heavy atom. The van der Waals surface area contributed by atoms with Crippen molar-refractivity contribution in [3.63, 3.8) is 0 Å². The van der Waals surface area contributed by atoms with Gasteiger partial charge in [-0.15, -0.1) is 11.3 Å². The van der Waals surface area contributed by atoms with Gasteiger partial charge in [0, 0.05) is 18.3 Å². The fourth-order valence-electron chi connectivity index (χ4n) is 1.41. The van der Waals surface area contributed by atoms with Gasteiger partial charge in [-0.1, -0.05) is 36.4 Å². The van der Waals surface area contributed by atoms with Crippen LogP contribution < -0.4 is 11.1 Å². The van der Waals surface area contributed by atoms with Crippen molar-refractivity contribution in [1.29, 1.82) is 0 Å². The van der Waals surface area contributed by atoms with Crippen molar-refractivity contribution in [2.75, 3.05) is 0 Å². The summed E-state index contributed by atoms with van der Waals surface area (Å²) < 4.78 is 0. The van der Waals surface area contributed by atoms with E-state index in [1.165, 1.54) is 6.92 Å². The van der Waals surface area contributed by atoms with Gasteiger partial charge in [-0.05, 0) is 17.0 Å². The van der Waals surface area contributed by atoms with Gasteiger partial charge in [0.05, 0.1) is 6.42 Å². The van der Waals surface area contributed by atoms with Crippen LogP contribution in [0, 0.1) is 0 Å². The Balaban J connectivity index is 0.000000204. The molecule has 5 heteroatoms. The van der Waals surface area contributed by atoms with Gasteiger partial charge in [0.25, 0.3) is 0 Å². The maximum Gasteiger partial charge on any atom is 0.222 e. The third-order valence-corrected chi connectivity index (χ3v) is 3.19. The van der Waals surface area contributed by atoms with E-state index in [1.54, 1.807) is 11.3 Å². The summed E-state index contributed by atoms with van der Waals surface area (Å²) in [6, 6.07) is 13.6. The highest BCUT2D eigenvalue weighted by Crippen LogP contribution is 2.07. The Morgan fingerprint density at radius 1 is 1.15 bits per heavy atom. The molecule has 0 aliphatic heterocycles. The number of hydrogen-bond donors (Lipinski definition) is 2. The summed E-state index contributed by atoms with van der Waals surface area (Å²) in [5.74, 6) is -0.258. The molecule has 2 amide bonds. The van der Waals surface area contributed by atoms with Crippen LogP contribution >= 0.6 is 11.3 Å². The summed E-state index contributed by atoms with van der Waals surface area (Å²) in [6.07, 6.45) is 0.373. The lowest BCUT2D eigenvalue weighted by molar-refractivity contribution is -0.119. The van der Waals surface area contributed by atoms with Crippen molar-refractivity contribution in [2.24, 2.45) is 5.73 Å². The highest BCUT2D eigenvalue weighted by atomic mass is 32.1. The largest absolute Gasteiger partial charge is 0.369 e. The van der Waals surface area contributed by atoms with E-state index >= 15 is 0 Å². The highest BCUT2D eigenvalue weighted by Gasteiger charge is 1.96. The second-order valence-electron chi connectivity index (χ2n) is 4.12. The minimum atomic E-state index is -0.266. The molecule has 1 aromatic carbocycles. The van der Waals surface area contributed by atoms with Crippen LogP contribution in [-0.2, 0) is 22.6 Å². The standard InChI is InChI=1S/C9H11NO.C6H7NOS/c1-8(11)10-7-9-5-3-2-4-6-9;7-6(8)4-5-2-1-3-9-5/h2-6H,7H2,1H3,(H,10,11);1-3H,4H2,(H2,7,8). The first-order valence-electron chi connectivity index (χ1n) is 6.17. The number of benzene rings is 1. The second kappa shape index (κ2) is 8.87. The number of amides is 2. The molecule has 2 rings (SSSR count). The molecule has 0 saturated carbocycles. The van der Waals surface area contributed by atoms with Gasteiger partial charge < -0.3 is 11.1 Å². The van der Waals surface area contributed by atoms with E-state index in [4.69, 9.17) is 5.73 Å². The zero-order valence-electron chi connectivity index (χ0n) is 11.3. The van der Waals surface area contributed by atoms with Gasteiger partial charge in [-0.3, -0.25) is 9.59 Å². The molecule has 0 atom stereocenters. The van der Waals surface area contributed by atoms with E-state index < -0.39 is 0 Å². The summed E-state index contributed by atoms with van der Waals surface area (Å²) in [5.41, 5.74) is 6.08. The van der Waals surface area contributed by atoms with Crippen molar-refractivity contribution in [3.05, 3.63) is 58.3 Å². The van der Waals surface area contributed by atoms with Gasteiger partial charge in [0.1, 0.15) is 0 Å². The predicted octanol–water partition coefficient (Wildman–Crippen LogP) is 2.10. The number of nitrogens with two attached hydrogens (primary N) is 1. The number of primary amides is 1. The lowest BCUT2D eigenvalue weighted by atomic mass is 10.2. The molecule has 0 fully saturated rings. The molecule has 20 heavy (non-hydrogen) atoms. The van der Waals surface area contributed by atoms with Gasteiger partial charge in [-0.25, -0.2) is 0 Å². The second-order valence-corrected chi connectivity index (χ2v) is 5.15. The number of carbonyl (C=O) groups excluding carboxylic acids is 2. The van der Waals surface area contributed by atoms with Crippen LogP contribution in [-0.4, -0.2) is 11.8 Å². The van der Waals surface area contributed by atoms with Crippen LogP contribution in [0.15, 0.2) is 47.8 Å². The molecule has 0 saturated heterocycles. The number of thiophene rings is 1. The summed E-state index contributed by atoms with van der Waals surface area (Å²) in [6.45, 7) is 2.14. The number of rotatable bonds is 4. The quantitative estimate of drug-likeness (QED) is 0.905. The Kier molecular flexibility index (Phi) is 7.06. The van der Waals surface area contributed by atoms with Crippen LogP contribution in [0.5, 0.6) is 0 Å². The van der Waals surface area contributed by atoms with Gasteiger partial charge in [0.15, 0.2) is 0 Å². The van der Waals surface area contributed by atoms with E-state index in [-0.39, 0.29) is 11.8 Å². The number of nitrogens with one attached hydrogen (secondary N) is 1. The normalized spacial score (nSPS) is 9.25. The average Bonchev–Trinajstić information content (AvgIpc) is 2.90. The zero-order valence-corrected chi connectivity index (χ0v) is 12.2. The van der Waals surface area contributed by atoms with Crippen LogP contribution in [0.25, 0.3) is 0 Å². The van der Waals surface area contributed by atoms with E-state index in [9.17, 15) is 9.59 Å². The monoisotopic (exact) mass is 290 g/mol. The fraction of sp³-hybridized carbons (Fsp3) is 0.200. The van der Waals surface area contributed by atoms with Crippen molar-refractivity contribution >= 4 is 23.2 Å². The SMILES string of the molecule is CC(=O)NCc1ccccc1.NC(=O)Cc1cccs1. The molecule has 0 aliphatic rings. The molecule has 0 unspecified atom stereocenters. The zero-order chi connectivity index (χ0) is 14.8. The smallest absolute Gasteiger partial charge is 0.222 e. The molecule has 106 valence electrons. The van der Waals surface area contributed by atoms with Crippen molar-refractivity contribution < 1.29 is 9.59 Å². The van der Waals surface area contributed by atoms with Crippen LogP contribution in [0.4, 0.5) is 0 Å². The Hall–Kier alpha value is -2.14. The summed E-state index contributed by atoms with van der Waals surface area (Å²) in [4.78, 5) is 21.8. The van der Waals surface area contributed by atoms with E-state index in [0.29, 0.717) is 13.0 Å². The summed E-state index contributed by atoms with van der Waals surface area (Å²) in [7, 11) is 0. The molecule has 1 aromatic heterocycles. The fourth-order valence-corrected chi connectivity index (χ4v) is 2.12. The lowest BCUT2D eigenvalue weighted by Crippen LogP contribution is -2.18. The van der Waals surface area contributed by atoms with Gasteiger partial charge >= 0.3 is 0 Å². The Bertz CT molecular complexity index is 524. The molecular formula is C15H18N2O2S. The van der Waals surface area contributed by atoms with Crippen LogP contribution in [0.2, 0.25) is 0 Å². The first kappa shape index (κ1) is 15.9. The average molecular weight is 290 g/mol. The minimum absolute atomic E-state index is 0.00820. The maximum absolute atomic E-state index is 10.5. The highest BCUT2D eigenvalue weighted by molar-refractivity contribution is 7.10. The molecule has 0 bridgehead atoms.